The van der Waals surface area contributed by atoms with Crippen LogP contribution in [-0.4, -0.2) is 49.1 Å². The molecule has 6 nitrogen and oxygen atoms in total. The molecule has 1 aromatic carbocycles. The van der Waals surface area contributed by atoms with Gasteiger partial charge < -0.3 is 9.64 Å². The third-order valence-electron chi connectivity index (χ3n) is 4.31. The number of ether oxygens (including phenoxy) is 1. The molecule has 146 valence electrons. The van der Waals surface area contributed by atoms with Gasteiger partial charge in [-0.05, 0) is 52.2 Å². The fraction of sp³-hybridized carbons (Fsp3) is 0.526. The van der Waals surface area contributed by atoms with E-state index in [9.17, 15) is 9.00 Å². The van der Waals surface area contributed by atoms with Gasteiger partial charge in [-0.2, -0.15) is 0 Å². The summed E-state index contributed by atoms with van der Waals surface area (Å²) in [5, 5.41) is 0.414. The van der Waals surface area contributed by atoms with E-state index < -0.39 is 16.4 Å². The molecule has 0 N–H and O–H groups in total. The fourth-order valence-corrected chi connectivity index (χ4v) is 4.77. The highest BCUT2D eigenvalue weighted by atomic mass is 35.5. The van der Waals surface area contributed by atoms with Crippen molar-refractivity contribution >= 4 is 39.5 Å². The molecule has 1 saturated heterocycles. The van der Waals surface area contributed by atoms with Gasteiger partial charge in [0, 0.05) is 12.6 Å². The number of halogens is 1. The Bertz CT molecular complexity index is 869. The van der Waals surface area contributed by atoms with E-state index in [2.05, 4.69) is 9.97 Å². The highest BCUT2D eigenvalue weighted by molar-refractivity contribution is 7.85. The molecule has 3 rings (SSSR count). The maximum Gasteiger partial charge on any atom is 0.410 e. The first-order chi connectivity index (χ1) is 12.7. The van der Waals surface area contributed by atoms with Gasteiger partial charge in [0.25, 0.3) is 0 Å². The van der Waals surface area contributed by atoms with E-state index in [0.29, 0.717) is 17.6 Å². The summed E-state index contributed by atoms with van der Waals surface area (Å²) in [5.74, 6) is 0.270. The van der Waals surface area contributed by atoms with Gasteiger partial charge in [0.05, 0.1) is 27.6 Å². The summed E-state index contributed by atoms with van der Waals surface area (Å²) in [5.41, 5.74) is 0.750. The molecule has 1 aliphatic rings. The number of carbonyl (C=O) groups is 1. The first-order valence-electron chi connectivity index (χ1n) is 9.05. The van der Waals surface area contributed by atoms with Crippen LogP contribution in [0.1, 0.15) is 40.0 Å². The first-order valence-corrected chi connectivity index (χ1v) is 10.7. The van der Waals surface area contributed by atoms with Crippen LogP contribution < -0.4 is 0 Å². The zero-order valence-electron chi connectivity index (χ0n) is 15.8. The predicted molar refractivity (Wildman–Crippen MR) is 106 cm³/mol. The van der Waals surface area contributed by atoms with Gasteiger partial charge in [0.1, 0.15) is 5.60 Å². The zero-order valence-corrected chi connectivity index (χ0v) is 17.3. The molecule has 2 heterocycles. The monoisotopic (exact) mass is 409 g/mol. The largest absolute Gasteiger partial charge is 0.444 e. The standard InChI is InChI=1S/C19H24ClN3O3S/c1-19(2,3)26-18(24)23-11-7-6-8-13(23)12-27(25)17-16(20)21-14-9-4-5-10-15(14)22-17/h4-5,9-10,13H,6-8,11-12H2,1-3H3/t13-,27+/m0/s1. The zero-order chi connectivity index (χ0) is 19.6. The number of rotatable bonds is 3. The Kier molecular flexibility index (Phi) is 6.01. The lowest BCUT2D eigenvalue weighted by Gasteiger charge is -2.36. The van der Waals surface area contributed by atoms with Crippen molar-refractivity contribution in [1.29, 1.82) is 0 Å². The Balaban J connectivity index is 1.79. The van der Waals surface area contributed by atoms with Crippen molar-refractivity contribution in [3.05, 3.63) is 29.4 Å². The van der Waals surface area contributed by atoms with Gasteiger partial charge >= 0.3 is 6.09 Å². The summed E-state index contributed by atoms with van der Waals surface area (Å²) in [6, 6.07) is 7.16. The van der Waals surface area contributed by atoms with E-state index in [0.717, 1.165) is 19.3 Å². The Hall–Kier alpha value is -1.73. The molecule has 8 heteroatoms. The lowest BCUT2D eigenvalue weighted by atomic mass is 10.0. The van der Waals surface area contributed by atoms with E-state index in [1.165, 1.54) is 0 Å². The average molecular weight is 410 g/mol. The Morgan fingerprint density at radius 1 is 1.26 bits per heavy atom. The smallest absolute Gasteiger partial charge is 0.410 e. The quantitative estimate of drug-likeness (QED) is 0.760. The van der Waals surface area contributed by atoms with Crippen LogP contribution in [0.4, 0.5) is 4.79 Å². The van der Waals surface area contributed by atoms with Crippen molar-refractivity contribution in [2.24, 2.45) is 0 Å². The topological polar surface area (TPSA) is 72.4 Å². The molecule has 1 fully saturated rings. The summed E-state index contributed by atoms with van der Waals surface area (Å²) >= 11 is 6.23. The van der Waals surface area contributed by atoms with Gasteiger partial charge in [-0.25, -0.2) is 14.8 Å². The van der Waals surface area contributed by atoms with Crippen LogP contribution in [0, 0.1) is 0 Å². The van der Waals surface area contributed by atoms with Gasteiger partial charge in [0.2, 0.25) is 0 Å². The van der Waals surface area contributed by atoms with Gasteiger partial charge in [-0.1, -0.05) is 23.7 Å². The van der Waals surface area contributed by atoms with Crippen molar-refractivity contribution in [2.75, 3.05) is 12.3 Å². The van der Waals surface area contributed by atoms with E-state index in [4.69, 9.17) is 16.3 Å². The number of aromatic nitrogens is 2. The Labute approximate surface area is 166 Å². The van der Waals surface area contributed by atoms with E-state index in [1.54, 1.807) is 4.90 Å². The minimum absolute atomic E-state index is 0.145. The average Bonchev–Trinajstić information content (AvgIpc) is 2.60. The summed E-state index contributed by atoms with van der Waals surface area (Å²) in [6.45, 7) is 6.12. The van der Waals surface area contributed by atoms with Gasteiger partial charge in [-0.15, -0.1) is 0 Å². The minimum Gasteiger partial charge on any atom is -0.444 e. The normalized spacial score (nSPS) is 19.1. The maximum atomic E-state index is 13.0. The Morgan fingerprint density at radius 3 is 2.59 bits per heavy atom. The van der Waals surface area contributed by atoms with Crippen LogP contribution >= 0.6 is 11.6 Å². The summed E-state index contributed by atoms with van der Waals surface area (Å²) in [4.78, 5) is 23.0. The second-order valence-corrected chi connectivity index (χ2v) is 9.41. The predicted octanol–water partition coefficient (Wildman–Crippen LogP) is 4.18. The SMILES string of the molecule is CC(C)(C)OC(=O)N1CCCC[C@H]1C[S@@](=O)c1nc2ccccc2nc1Cl. The highest BCUT2D eigenvalue weighted by Crippen LogP contribution is 2.25. The van der Waals surface area contributed by atoms with Crippen LogP contribution in [0.25, 0.3) is 11.0 Å². The maximum absolute atomic E-state index is 13.0. The second-order valence-electron chi connectivity index (χ2n) is 7.64. The molecule has 1 aliphatic heterocycles. The number of hydrogen-bond acceptors (Lipinski definition) is 5. The summed E-state index contributed by atoms with van der Waals surface area (Å²) in [7, 11) is -1.46. The molecule has 0 spiro atoms. The molecule has 0 unspecified atom stereocenters. The number of benzene rings is 1. The molecule has 27 heavy (non-hydrogen) atoms. The van der Waals surface area contributed by atoms with E-state index in [-0.39, 0.29) is 28.1 Å². The first kappa shape index (κ1) is 20.0. The van der Waals surface area contributed by atoms with Crippen molar-refractivity contribution in [3.8, 4) is 0 Å². The van der Waals surface area contributed by atoms with E-state index in [1.807, 2.05) is 45.0 Å². The van der Waals surface area contributed by atoms with Crippen LogP contribution in [0.5, 0.6) is 0 Å². The second kappa shape index (κ2) is 8.10. The molecule has 2 aromatic rings. The van der Waals surface area contributed by atoms with Crippen molar-refractivity contribution in [3.63, 3.8) is 0 Å². The van der Waals surface area contributed by atoms with Crippen molar-refractivity contribution in [1.82, 2.24) is 14.9 Å². The number of nitrogens with zero attached hydrogens (tertiary/aromatic N) is 3. The molecule has 2 atom stereocenters. The minimum atomic E-state index is -1.46. The molecule has 1 aromatic heterocycles. The number of amides is 1. The van der Waals surface area contributed by atoms with Crippen LogP contribution in [0.2, 0.25) is 5.15 Å². The molecular weight excluding hydrogens is 386 g/mol. The van der Waals surface area contributed by atoms with Crippen LogP contribution in [0.3, 0.4) is 0 Å². The number of likely N-dealkylation sites (tertiary alicyclic amines) is 1. The lowest BCUT2D eigenvalue weighted by Crippen LogP contribution is -2.48. The van der Waals surface area contributed by atoms with Gasteiger partial charge in [-0.3, -0.25) is 4.21 Å². The number of carbonyl (C=O) groups excluding carboxylic acids is 1. The molecule has 0 saturated carbocycles. The third kappa shape index (κ3) is 4.96. The molecular formula is C19H24ClN3O3S. The summed E-state index contributed by atoms with van der Waals surface area (Å²) in [6.07, 6.45) is 2.32. The van der Waals surface area contributed by atoms with Crippen LogP contribution in [0.15, 0.2) is 29.3 Å². The number of hydrogen-bond donors (Lipinski definition) is 0. The number of fused-ring (bicyclic) bond motifs is 1. The van der Waals surface area contributed by atoms with Crippen molar-refractivity contribution < 1.29 is 13.7 Å². The molecule has 0 radical (unpaired) electrons. The number of piperidine rings is 1. The van der Waals surface area contributed by atoms with Gasteiger partial charge in [0.15, 0.2) is 10.2 Å². The molecule has 0 bridgehead atoms. The highest BCUT2D eigenvalue weighted by Gasteiger charge is 2.32. The third-order valence-corrected chi connectivity index (χ3v) is 6.09. The molecule has 1 amide bonds. The summed E-state index contributed by atoms with van der Waals surface area (Å²) < 4.78 is 18.5. The lowest BCUT2D eigenvalue weighted by molar-refractivity contribution is 0.0125. The van der Waals surface area contributed by atoms with Crippen molar-refractivity contribution in [2.45, 2.75) is 56.7 Å². The van der Waals surface area contributed by atoms with E-state index >= 15 is 0 Å². The fourth-order valence-electron chi connectivity index (χ4n) is 3.10. The molecule has 0 aliphatic carbocycles. The number of para-hydroxylation sites is 2. The van der Waals surface area contributed by atoms with Crippen LogP contribution in [-0.2, 0) is 15.5 Å². The Morgan fingerprint density at radius 2 is 1.93 bits per heavy atom.